The number of nitrogen functional groups attached to an aromatic ring is 1. The Kier molecular flexibility index (Phi) is 6.47. The quantitative estimate of drug-likeness (QED) is 0.593. The zero-order valence-electron chi connectivity index (χ0n) is 14.7. The van der Waals surface area contributed by atoms with Crippen LogP contribution in [0.3, 0.4) is 0 Å². The number of ether oxygens (including phenoxy) is 1. The Morgan fingerprint density at radius 2 is 1.93 bits per heavy atom. The first kappa shape index (κ1) is 20.9. The van der Waals surface area contributed by atoms with Crippen LogP contribution in [0.15, 0.2) is 41.3 Å². The van der Waals surface area contributed by atoms with E-state index >= 15 is 0 Å². The van der Waals surface area contributed by atoms with Crippen LogP contribution in [0, 0.1) is 0 Å². The molecule has 0 spiro atoms. The maximum Gasteiger partial charge on any atom is 0.255 e. The molecular weight excluding hydrogens is 425 g/mol. The maximum absolute atomic E-state index is 12.5. The minimum Gasteiger partial charge on any atom is -0.396 e. The summed E-state index contributed by atoms with van der Waals surface area (Å²) in [5.74, 6) is -0.506. The molecule has 1 amide bonds. The fourth-order valence-corrected chi connectivity index (χ4v) is 4.35. The Morgan fingerprint density at radius 1 is 1.21 bits per heavy atom. The lowest BCUT2D eigenvalue weighted by atomic mass is 10.2. The standard InChI is InChI=1S/C18H19Cl2N3O4S/c19-15-8-12(9-16(20)17(15)21)23-18(24)11-3-1-5-14(7-11)28(25,26)22-10-13-4-2-6-27-13/h1,3,5,7-9,13,22H,2,4,6,10,21H2,(H,23,24). The Morgan fingerprint density at radius 3 is 2.57 bits per heavy atom. The van der Waals surface area contributed by atoms with Crippen molar-refractivity contribution in [2.75, 3.05) is 24.2 Å². The molecule has 10 heteroatoms. The number of halogens is 2. The van der Waals surface area contributed by atoms with Crippen LogP contribution >= 0.6 is 23.2 Å². The van der Waals surface area contributed by atoms with Gasteiger partial charge in [0.25, 0.3) is 5.91 Å². The highest BCUT2D eigenvalue weighted by molar-refractivity contribution is 7.89. The largest absolute Gasteiger partial charge is 0.396 e. The molecule has 1 saturated heterocycles. The molecule has 0 saturated carbocycles. The Hall–Kier alpha value is -1.84. The van der Waals surface area contributed by atoms with E-state index in [0.717, 1.165) is 12.8 Å². The Bertz CT molecular complexity index is 969. The molecule has 1 aliphatic heterocycles. The third-order valence-corrected chi connectivity index (χ3v) is 6.32. The molecule has 4 N–H and O–H groups in total. The van der Waals surface area contributed by atoms with Gasteiger partial charge in [0.2, 0.25) is 10.0 Å². The first-order chi connectivity index (χ1) is 13.3. The molecule has 2 aromatic rings. The highest BCUT2D eigenvalue weighted by atomic mass is 35.5. The van der Waals surface area contributed by atoms with E-state index in [9.17, 15) is 13.2 Å². The monoisotopic (exact) mass is 443 g/mol. The summed E-state index contributed by atoms with van der Waals surface area (Å²) in [7, 11) is -3.76. The van der Waals surface area contributed by atoms with Gasteiger partial charge in [0, 0.05) is 24.4 Å². The Balaban J connectivity index is 1.73. The third-order valence-electron chi connectivity index (χ3n) is 4.27. The number of carbonyl (C=O) groups excluding carboxylic acids is 1. The molecule has 0 bridgehead atoms. The van der Waals surface area contributed by atoms with Gasteiger partial charge in [0.15, 0.2) is 0 Å². The lowest BCUT2D eigenvalue weighted by Gasteiger charge is -2.12. The van der Waals surface area contributed by atoms with Crippen LogP contribution in [0.5, 0.6) is 0 Å². The van der Waals surface area contributed by atoms with Crippen LogP contribution in [0.4, 0.5) is 11.4 Å². The fraction of sp³-hybridized carbons (Fsp3) is 0.278. The van der Waals surface area contributed by atoms with Crippen molar-refractivity contribution in [1.82, 2.24) is 4.72 Å². The van der Waals surface area contributed by atoms with Crippen LogP contribution in [-0.2, 0) is 14.8 Å². The number of benzene rings is 2. The molecule has 1 heterocycles. The second-order valence-electron chi connectivity index (χ2n) is 6.32. The average Bonchev–Trinajstić information content (AvgIpc) is 3.18. The van der Waals surface area contributed by atoms with Crippen LogP contribution in [0.25, 0.3) is 0 Å². The van der Waals surface area contributed by atoms with Crippen molar-refractivity contribution in [3.63, 3.8) is 0 Å². The van der Waals surface area contributed by atoms with Gasteiger partial charge in [-0.1, -0.05) is 29.3 Å². The molecule has 7 nitrogen and oxygen atoms in total. The van der Waals surface area contributed by atoms with Crippen molar-refractivity contribution in [3.05, 3.63) is 52.0 Å². The van der Waals surface area contributed by atoms with E-state index in [1.165, 1.54) is 36.4 Å². The summed E-state index contributed by atoms with van der Waals surface area (Å²) in [4.78, 5) is 12.5. The fourth-order valence-electron chi connectivity index (χ4n) is 2.76. The van der Waals surface area contributed by atoms with E-state index in [-0.39, 0.29) is 38.8 Å². The van der Waals surface area contributed by atoms with Crippen molar-refractivity contribution >= 4 is 50.5 Å². The highest BCUT2D eigenvalue weighted by Crippen LogP contribution is 2.31. The van der Waals surface area contributed by atoms with Crippen molar-refractivity contribution in [2.45, 2.75) is 23.8 Å². The molecule has 150 valence electrons. The SMILES string of the molecule is Nc1c(Cl)cc(NC(=O)c2cccc(S(=O)(=O)NCC3CCCO3)c2)cc1Cl. The molecule has 0 aliphatic carbocycles. The van der Waals surface area contributed by atoms with Gasteiger partial charge in [-0.3, -0.25) is 4.79 Å². The van der Waals surface area contributed by atoms with Gasteiger partial charge >= 0.3 is 0 Å². The van der Waals surface area contributed by atoms with E-state index in [1.807, 2.05) is 0 Å². The number of nitrogens with one attached hydrogen (secondary N) is 2. The van der Waals surface area contributed by atoms with Gasteiger partial charge in [-0.05, 0) is 43.2 Å². The van der Waals surface area contributed by atoms with Gasteiger partial charge in [0.1, 0.15) is 0 Å². The zero-order chi connectivity index (χ0) is 20.3. The summed E-state index contributed by atoms with van der Waals surface area (Å²) in [5, 5.41) is 3.04. The minimum absolute atomic E-state index is 0.00785. The third kappa shape index (κ3) is 4.95. The molecule has 1 atom stereocenters. The molecule has 0 aromatic heterocycles. The van der Waals surface area contributed by atoms with Gasteiger partial charge in [-0.2, -0.15) is 0 Å². The van der Waals surface area contributed by atoms with Crippen molar-refractivity contribution < 1.29 is 17.9 Å². The van der Waals surface area contributed by atoms with Gasteiger partial charge in [0.05, 0.1) is 26.7 Å². The smallest absolute Gasteiger partial charge is 0.255 e. The molecule has 28 heavy (non-hydrogen) atoms. The van der Waals surface area contributed by atoms with E-state index < -0.39 is 15.9 Å². The molecule has 3 rings (SSSR count). The van der Waals surface area contributed by atoms with E-state index in [2.05, 4.69) is 10.0 Å². The van der Waals surface area contributed by atoms with Gasteiger partial charge in [-0.25, -0.2) is 13.1 Å². The van der Waals surface area contributed by atoms with E-state index in [0.29, 0.717) is 12.3 Å². The molecule has 0 radical (unpaired) electrons. The zero-order valence-corrected chi connectivity index (χ0v) is 17.1. The number of anilines is 2. The molecule has 1 aliphatic rings. The van der Waals surface area contributed by atoms with Crippen LogP contribution in [0.1, 0.15) is 23.2 Å². The summed E-state index contributed by atoms with van der Waals surface area (Å²) in [6, 6.07) is 8.65. The van der Waals surface area contributed by atoms with E-state index in [4.69, 9.17) is 33.7 Å². The number of hydrogen-bond donors (Lipinski definition) is 3. The maximum atomic E-state index is 12.5. The van der Waals surface area contributed by atoms with Gasteiger partial charge in [-0.15, -0.1) is 0 Å². The number of rotatable bonds is 6. The van der Waals surface area contributed by atoms with Gasteiger partial charge < -0.3 is 15.8 Å². The number of carbonyl (C=O) groups is 1. The van der Waals surface area contributed by atoms with Crippen LogP contribution in [-0.4, -0.2) is 33.6 Å². The second kappa shape index (κ2) is 8.67. The Labute approximate surface area is 173 Å². The number of amides is 1. The summed E-state index contributed by atoms with van der Waals surface area (Å²) < 4.78 is 32.9. The number of hydrogen-bond acceptors (Lipinski definition) is 5. The van der Waals surface area contributed by atoms with Crippen molar-refractivity contribution in [1.29, 1.82) is 0 Å². The predicted octanol–water partition coefficient (Wildman–Crippen LogP) is 3.29. The summed E-state index contributed by atoms with van der Waals surface area (Å²) in [6.45, 7) is 0.836. The first-order valence-electron chi connectivity index (χ1n) is 8.53. The topological polar surface area (TPSA) is 111 Å². The normalized spacial score (nSPS) is 16.9. The number of nitrogens with two attached hydrogens (primary N) is 1. The van der Waals surface area contributed by atoms with Crippen LogP contribution < -0.4 is 15.8 Å². The molecule has 1 unspecified atom stereocenters. The summed E-state index contributed by atoms with van der Waals surface area (Å²) in [6.07, 6.45) is 1.61. The van der Waals surface area contributed by atoms with Crippen molar-refractivity contribution in [2.24, 2.45) is 0 Å². The molecule has 1 fully saturated rings. The molecular formula is C18H19Cl2N3O4S. The van der Waals surface area contributed by atoms with Crippen LogP contribution in [0.2, 0.25) is 10.0 Å². The van der Waals surface area contributed by atoms with E-state index in [1.54, 1.807) is 0 Å². The summed E-state index contributed by atoms with van der Waals surface area (Å²) >= 11 is 11.9. The second-order valence-corrected chi connectivity index (χ2v) is 8.90. The lowest BCUT2D eigenvalue weighted by molar-refractivity contribution is 0.102. The van der Waals surface area contributed by atoms with Crippen molar-refractivity contribution in [3.8, 4) is 0 Å². The predicted molar refractivity (Wildman–Crippen MR) is 109 cm³/mol. The highest BCUT2D eigenvalue weighted by Gasteiger charge is 2.21. The first-order valence-corrected chi connectivity index (χ1v) is 10.8. The minimum atomic E-state index is -3.76. The lowest BCUT2D eigenvalue weighted by Crippen LogP contribution is -2.32. The number of sulfonamides is 1. The summed E-state index contributed by atoms with van der Waals surface area (Å²) in [5.41, 5.74) is 6.41. The average molecular weight is 444 g/mol. The molecule has 2 aromatic carbocycles.